The van der Waals surface area contributed by atoms with Crippen molar-refractivity contribution < 1.29 is 17.9 Å². The van der Waals surface area contributed by atoms with Gasteiger partial charge in [0.2, 0.25) is 0 Å². The zero-order chi connectivity index (χ0) is 11.8. The predicted molar refractivity (Wildman–Crippen MR) is 57.0 cm³/mol. The first-order valence-corrected chi connectivity index (χ1v) is 5.92. The van der Waals surface area contributed by atoms with Crippen molar-refractivity contribution in [2.75, 3.05) is 20.2 Å². The van der Waals surface area contributed by atoms with Crippen molar-refractivity contribution in [3.63, 3.8) is 0 Å². The molecule has 1 atom stereocenters. The Kier molecular flexibility index (Phi) is 3.21. The number of hydrogen-bond donors (Lipinski definition) is 1. The van der Waals surface area contributed by atoms with Crippen molar-refractivity contribution in [2.24, 2.45) is 0 Å². The molecule has 0 aromatic carbocycles. The quantitative estimate of drug-likeness (QED) is 0.814. The average Bonchev–Trinajstić information content (AvgIpc) is 2.62. The second-order valence-electron chi connectivity index (χ2n) is 3.66. The molecule has 0 bridgehead atoms. The molecule has 90 valence electrons. The summed E-state index contributed by atoms with van der Waals surface area (Å²) in [4.78, 5) is 0. The molecular weight excluding hydrogens is 239 g/mol. The van der Waals surface area contributed by atoms with Crippen LogP contribution in [0.25, 0.3) is 0 Å². The molecule has 0 spiro atoms. The Balaban J connectivity index is 2.35. The smallest absolute Gasteiger partial charge is 0.417 e. The average molecular weight is 251 g/mol. The van der Waals surface area contributed by atoms with Crippen LogP contribution < -0.4 is 5.32 Å². The molecule has 0 aromatic rings. The van der Waals surface area contributed by atoms with Gasteiger partial charge in [-0.3, -0.25) is 0 Å². The maximum atomic E-state index is 12.8. The lowest BCUT2D eigenvalue weighted by molar-refractivity contribution is -0.0898. The van der Waals surface area contributed by atoms with Gasteiger partial charge in [-0.05, 0) is 18.9 Å². The molecule has 16 heavy (non-hydrogen) atoms. The van der Waals surface area contributed by atoms with Gasteiger partial charge in [-0.25, -0.2) is 0 Å². The summed E-state index contributed by atoms with van der Waals surface area (Å²) in [6, 6.07) is 0. The van der Waals surface area contributed by atoms with Crippen LogP contribution in [0.5, 0.6) is 0 Å². The third-order valence-electron chi connectivity index (χ3n) is 2.56. The predicted octanol–water partition coefficient (Wildman–Crippen LogP) is 2.44. The summed E-state index contributed by atoms with van der Waals surface area (Å²) in [5.74, 6) is 0.437. The van der Waals surface area contributed by atoms with Gasteiger partial charge >= 0.3 is 6.18 Å². The highest BCUT2D eigenvalue weighted by molar-refractivity contribution is 8.03. The maximum Gasteiger partial charge on any atom is 0.417 e. The summed E-state index contributed by atoms with van der Waals surface area (Å²) in [5.41, 5.74) is -0.203. The van der Waals surface area contributed by atoms with Crippen LogP contribution in [0, 0.1) is 0 Å². The van der Waals surface area contributed by atoms with Gasteiger partial charge < -0.3 is 10.1 Å². The second kappa shape index (κ2) is 4.33. The number of likely N-dealkylation sites (N-methyl/N-ethyl adjacent to an activating group) is 1. The maximum absolute atomic E-state index is 12.8. The Morgan fingerprint density at radius 3 is 2.94 bits per heavy atom. The van der Waals surface area contributed by atoms with Gasteiger partial charge in [0.25, 0.3) is 0 Å². The van der Waals surface area contributed by atoms with E-state index in [0.29, 0.717) is 30.9 Å². The second-order valence-corrected chi connectivity index (χ2v) is 4.74. The Labute approximate surface area is 95.9 Å². The SMILES string of the molecule is CNCC1=C2C(C(F)(F)F)=CSC2CCO1. The number of halogens is 3. The number of nitrogens with one attached hydrogen (secondary N) is 1. The first kappa shape index (κ1) is 11.9. The molecule has 0 fully saturated rings. The number of ether oxygens (including phenoxy) is 1. The monoisotopic (exact) mass is 251 g/mol. The van der Waals surface area contributed by atoms with Gasteiger partial charge in [0.1, 0.15) is 5.76 Å². The van der Waals surface area contributed by atoms with Crippen molar-refractivity contribution >= 4 is 11.8 Å². The van der Waals surface area contributed by atoms with Crippen LogP contribution in [0.2, 0.25) is 0 Å². The highest BCUT2D eigenvalue weighted by atomic mass is 32.2. The lowest BCUT2D eigenvalue weighted by Crippen LogP contribution is -2.26. The normalized spacial score (nSPS) is 25.2. The standard InChI is InChI=1S/C10H12F3NOS/c1-14-4-7-9-6(10(11,12)13)5-16-8(9)2-3-15-7/h5,8,14H,2-4H2,1H3. The van der Waals surface area contributed by atoms with Crippen molar-refractivity contribution in [2.45, 2.75) is 17.8 Å². The van der Waals surface area contributed by atoms with Crippen LogP contribution in [-0.2, 0) is 4.74 Å². The molecule has 1 unspecified atom stereocenters. The zero-order valence-electron chi connectivity index (χ0n) is 8.73. The summed E-state index contributed by atoms with van der Waals surface area (Å²) >= 11 is 1.24. The minimum atomic E-state index is -4.28. The minimum Gasteiger partial charge on any atom is -0.496 e. The van der Waals surface area contributed by atoms with Gasteiger partial charge in [-0.15, -0.1) is 11.8 Å². The van der Waals surface area contributed by atoms with Crippen LogP contribution in [0.3, 0.4) is 0 Å². The summed E-state index contributed by atoms with van der Waals surface area (Å²) in [7, 11) is 1.69. The molecular formula is C10H12F3NOS. The van der Waals surface area contributed by atoms with E-state index in [-0.39, 0.29) is 5.25 Å². The summed E-state index contributed by atoms with van der Waals surface area (Å²) < 4.78 is 43.6. The van der Waals surface area contributed by atoms with Gasteiger partial charge in [0.15, 0.2) is 0 Å². The first-order chi connectivity index (χ1) is 7.54. The Bertz CT molecular complexity index is 348. The molecule has 0 saturated carbocycles. The number of alkyl halides is 3. The molecule has 0 radical (unpaired) electrons. The molecule has 2 aliphatic rings. The van der Waals surface area contributed by atoms with Gasteiger partial charge in [-0.1, -0.05) is 0 Å². The fourth-order valence-electron chi connectivity index (χ4n) is 1.89. The van der Waals surface area contributed by atoms with Crippen LogP contribution >= 0.6 is 11.8 Å². The Morgan fingerprint density at radius 1 is 1.56 bits per heavy atom. The lowest BCUT2D eigenvalue weighted by atomic mass is 9.98. The number of allylic oxidation sites excluding steroid dienone is 1. The fourth-order valence-corrected chi connectivity index (χ4v) is 3.08. The number of rotatable bonds is 2. The van der Waals surface area contributed by atoms with Crippen molar-refractivity contribution in [1.82, 2.24) is 5.32 Å². The highest BCUT2D eigenvalue weighted by Gasteiger charge is 2.44. The van der Waals surface area contributed by atoms with Gasteiger partial charge in [0, 0.05) is 10.8 Å². The van der Waals surface area contributed by atoms with E-state index >= 15 is 0 Å². The van der Waals surface area contributed by atoms with E-state index in [0.717, 1.165) is 0 Å². The van der Waals surface area contributed by atoms with Gasteiger partial charge in [0.05, 0.1) is 18.7 Å². The first-order valence-electron chi connectivity index (χ1n) is 4.97. The van der Waals surface area contributed by atoms with E-state index in [1.165, 1.54) is 17.2 Å². The Hall–Kier alpha value is -0.620. The van der Waals surface area contributed by atoms with E-state index in [1.807, 2.05) is 0 Å². The molecule has 6 heteroatoms. The van der Waals surface area contributed by atoms with Crippen molar-refractivity contribution in [3.05, 3.63) is 22.3 Å². The molecule has 1 N–H and O–H groups in total. The van der Waals surface area contributed by atoms with E-state index < -0.39 is 11.7 Å². The fraction of sp³-hybridized carbons (Fsp3) is 0.600. The third kappa shape index (κ3) is 2.08. The lowest BCUT2D eigenvalue weighted by Gasteiger charge is -2.25. The molecule has 2 aliphatic heterocycles. The highest BCUT2D eigenvalue weighted by Crippen LogP contribution is 2.47. The Morgan fingerprint density at radius 2 is 2.31 bits per heavy atom. The molecule has 2 heterocycles. The molecule has 0 saturated heterocycles. The topological polar surface area (TPSA) is 21.3 Å². The van der Waals surface area contributed by atoms with Crippen LogP contribution in [0.4, 0.5) is 13.2 Å². The largest absolute Gasteiger partial charge is 0.496 e. The van der Waals surface area contributed by atoms with E-state index in [2.05, 4.69) is 5.32 Å². The summed E-state index contributed by atoms with van der Waals surface area (Å²) in [6.07, 6.45) is -3.64. The van der Waals surface area contributed by atoms with Crippen molar-refractivity contribution in [1.29, 1.82) is 0 Å². The number of thioether (sulfide) groups is 1. The summed E-state index contributed by atoms with van der Waals surface area (Å²) in [5, 5.41) is 3.96. The molecule has 0 amide bonds. The van der Waals surface area contributed by atoms with Crippen LogP contribution in [0.15, 0.2) is 22.3 Å². The van der Waals surface area contributed by atoms with E-state index in [4.69, 9.17) is 4.74 Å². The molecule has 0 aromatic heterocycles. The number of fused-ring (bicyclic) bond motifs is 1. The van der Waals surface area contributed by atoms with E-state index in [9.17, 15) is 13.2 Å². The van der Waals surface area contributed by atoms with Crippen molar-refractivity contribution in [3.8, 4) is 0 Å². The van der Waals surface area contributed by atoms with Crippen LogP contribution in [-0.4, -0.2) is 31.6 Å². The molecule has 0 aliphatic carbocycles. The van der Waals surface area contributed by atoms with Crippen LogP contribution in [0.1, 0.15) is 6.42 Å². The molecule has 2 rings (SSSR count). The third-order valence-corrected chi connectivity index (χ3v) is 3.73. The molecule has 2 nitrogen and oxygen atoms in total. The number of hydrogen-bond acceptors (Lipinski definition) is 3. The zero-order valence-corrected chi connectivity index (χ0v) is 9.54. The van der Waals surface area contributed by atoms with E-state index in [1.54, 1.807) is 7.05 Å². The minimum absolute atomic E-state index is 0.0891. The van der Waals surface area contributed by atoms with Gasteiger partial charge in [-0.2, -0.15) is 13.2 Å². The summed E-state index contributed by atoms with van der Waals surface area (Å²) in [6.45, 7) is 0.844.